The van der Waals surface area contributed by atoms with Crippen molar-refractivity contribution in [3.63, 3.8) is 0 Å². The smallest absolute Gasteiger partial charge is 0.151 e. The van der Waals surface area contributed by atoms with Gasteiger partial charge in [0.15, 0.2) is 4.34 Å². The van der Waals surface area contributed by atoms with Crippen LogP contribution in [-0.4, -0.2) is 24.0 Å². The van der Waals surface area contributed by atoms with Crippen molar-refractivity contribution in [2.24, 2.45) is 0 Å². The monoisotopic (exact) mass is 282 g/mol. The topological polar surface area (TPSA) is 48.1 Å². The molecule has 0 atom stereocenters. The first-order chi connectivity index (χ1) is 8.79. The van der Waals surface area contributed by atoms with Gasteiger partial charge in [0, 0.05) is 18.0 Å². The minimum Gasteiger partial charge on any atom is -0.399 e. The maximum Gasteiger partial charge on any atom is 0.151 e. The van der Waals surface area contributed by atoms with Crippen molar-refractivity contribution >= 4 is 39.0 Å². The largest absolute Gasteiger partial charge is 0.399 e. The molecular weight excluding hydrogens is 264 g/mol. The third-order valence-electron chi connectivity index (χ3n) is 2.49. The number of hydrogen-bond donors (Lipinski definition) is 1. The van der Waals surface area contributed by atoms with Gasteiger partial charge in [0.1, 0.15) is 0 Å². The van der Waals surface area contributed by atoms with Crippen molar-refractivity contribution in [2.45, 2.75) is 24.1 Å². The number of anilines is 1. The molecule has 0 saturated carbocycles. The van der Waals surface area contributed by atoms with E-state index in [9.17, 15) is 0 Å². The quantitative estimate of drug-likeness (QED) is 0.477. The van der Waals surface area contributed by atoms with E-state index in [1.807, 2.05) is 18.2 Å². The molecule has 0 bridgehead atoms. The number of aromatic nitrogens is 1. The number of nitrogen functional groups attached to an aromatic ring is 1. The number of rotatable bonds is 7. The third kappa shape index (κ3) is 3.86. The van der Waals surface area contributed by atoms with E-state index in [1.165, 1.54) is 6.42 Å². The SMILES string of the molecule is CCCCOCCSc1nc2ccc(N)cc2s1. The molecule has 98 valence electrons. The summed E-state index contributed by atoms with van der Waals surface area (Å²) in [4.78, 5) is 4.56. The molecule has 1 aromatic carbocycles. The van der Waals surface area contributed by atoms with Crippen LogP contribution in [0.2, 0.25) is 0 Å². The van der Waals surface area contributed by atoms with E-state index in [0.717, 1.165) is 45.6 Å². The lowest BCUT2D eigenvalue weighted by Gasteiger charge is -2.00. The van der Waals surface area contributed by atoms with Crippen LogP contribution in [0, 0.1) is 0 Å². The van der Waals surface area contributed by atoms with Crippen molar-refractivity contribution in [1.29, 1.82) is 0 Å². The third-order valence-corrected chi connectivity index (χ3v) is 4.61. The Kier molecular flexibility index (Phi) is 5.28. The second-order valence-corrected chi connectivity index (χ2v) is 6.39. The van der Waals surface area contributed by atoms with Gasteiger partial charge < -0.3 is 10.5 Å². The minimum absolute atomic E-state index is 0.794. The summed E-state index contributed by atoms with van der Waals surface area (Å²) in [7, 11) is 0. The molecule has 5 heteroatoms. The van der Waals surface area contributed by atoms with Crippen LogP contribution >= 0.6 is 23.1 Å². The fraction of sp³-hybridized carbons (Fsp3) is 0.462. The standard InChI is InChI=1S/C13H18N2OS2/c1-2-3-6-16-7-8-17-13-15-11-5-4-10(14)9-12(11)18-13/h4-5,9H,2-3,6-8,14H2,1H3. The molecular formula is C13H18N2OS2. The predicted octanol–water partition coefficient (Wildman–Crippen LogP) is 3.79. The molecule has 18 heavy (non-hydrogen) atoms. The summed E-state index contributed by atoms with van der Waals surface area (Å²) in [5, 5.41) is 0. The zero-order valence-corrected chi connectivity index (χ0v) is 12.1. The summed E-state index contributed by atoms with van der Waals surface area (Å²) in [5.74, 6) is 0.957. The van der Waals surface area contributed by atoms with Gasteiger partial charge in [-0.2, -0.15) is 0 Å². The highest BCUT2D eigenvalue weighted by Crippen LogP contribution is 2.30. The first-order valence-corrected chi connectivity index (χ1v) is 7.96. The molecule has 0 saturated heterocycles. The fourth-order valence-electron chi connectivity index (χ4n) is 1.52. The number of fused-ring (bicyclic) bond motifs is 1. The Morgan fingerprint density at radius 2 is 2.28 bits per heavy atom. The van der Waals surface area contributed by atoms with Crippen LogP contribution in [0.25, 0.3) is 10.2 Å². The number of benzene rings is 1. The Labute approximate surface area is 116 Å². The van der Waals surface area contributed by atoms with Crippen LogP contribution in [0.15, 0.2) is 22.5 Å². The number of nitrogens with two attached hydrogens (primary N) is 1. The Bertz CT molecular complexity index is 499. The van der Waals surface area contributed by atoms with Crippen molar-refractivity contribution in [1.82, 2.24) is 4.98 Å². The first-order valence-electron chi connectivity index (χ1n) is 6.16. The van der Waals surface area contributed by atoms with E-state index in [1.54, 1.807) is 23.1 Å². The van der Waals surface area contributed by atoms with Gasteiger partial charge in [-0.3, -0.25) is 0 Å². The highest BCUT2D eigenvalue weighted by molar-refractivity contribution is 8.01. The van der Waals surface area contributed by atoms with Gasteiger partial charge in [-0.05, 0) is 24.6 Å². The van der Waals surface area contributed by atoms with Crippen molar-refractivity contribution in [3.05, 3.63) is 18.2 Å². The van der Waals surface area contributed by atoms with Gasteiger partial charge in [0.05, 0.1) is 16.8 Å². The molecule has 1 heterocycles. The summed E-state index contributed by atoms with van der Waals surface area (Å²) >= 11 is 3.45. The van der Waals surface area contributed by atoms with Crippen LogP contribution in [0.3, 0.4) is 0 Å². The van der Waals surface area contributed by atoms with Crippen LogP contribution < -0.4 is 5.73 Å². The lowest BCUT2D eigenvalue weighted by Crippen LogP contribution is -1.98. The maximum absolute atomic E-state index is 5.75. The molecule has 2 aromatic rings. The summed E-state index contributed by atoms with van der Waals surface area (Å²) in [6, 6.07) is 5.85. The van der Waals surface area contributed by atoms with Crippen LogP contribution in [-0.2, 0) is 4.74 Å². The van der Waals surface area contributed by atoms with Gasteiger partial charge in [0.25, 0.3) is 0 Å². The van der Waals surface area contributed by atoms with Crippen molar-refractivity contribution in [3.8, 4) is 0 Å². The van der Waals surface area contributed by atoms with E-state index in [-0.39, 0.29) is 0 Å². The second kappa shape index (κ2) is 6.97. The Morgan fingerprint density at radius 3 is 3.11 bits per heavy atom. The summed E-state index contributed by atoms with van der Waals surface area (Å²) in [6.45, 7) is 3.83. The first kappa shape index (κ1) is 13.6. The molecule has 0 aliphatic heterocycles. The molecule has 0 radical (unpaired) electrons. The van der Waals surface area contributed by atoms with Gasteiger partial charge in [0.2, 0.25) is 0 Å². The number of hydrogen-bond acceptors (Lipinski definition) is 5. The maximum atomic E-state index is 5.75. The average Bonchev–Trinajstić information content (AvgIpc) is 2.75. The number of unbranched alkanes of at least 4 members (excludes halogenated alkanes) is 1. The lowest BCUT2D eigenvalue weighted by molar-refractivity contribution is 0.147. The molecule has 2 N–H and O–H groups in total. The molecule has 0 unspecified atom stereocenters. The van der Waals surface area contributed by atoms with E-state index < -0.39 is 0 Å². The zero-order valence-electron chi connectivity index (χ0n) is 10.5. The van der Waals surface area contributed by atoms with Gasteiger partial charge in [-0.25, -0.2) is 4.98 Å². The molecule has 1 aromatic heterocycles. The lowest BCUT2D eigenvalue weighted by atomic mass is 10.3. The summed E-state index contributed by atoms with van der Waals surface area (Å²) < 4.78 is 7.77. The predicted molar refractivity (Wildman–Crippen MR) is 80.5 cm³/mol. The highest BCUT2D eigenvalue weighted by Gasteiger charge is 2.04. The van der Waals surface area contributed by atoms with Crippen LogP contribution in [0.4, 0.5) is 5.69 Å². The van der Waals surface area contributed by atoms with Crippen LogP contribution in [0.1, 0.15) is 19.8 Å². The van der Waals surface area contributed by atoms with Gasteiger partial charge in [-0.15, -0.1) is 11.3 Å². The van der Waals surface area contributed by atoms with Crippen molar-refractivity contribution < 1.29 is 4.74 Å². The number of thioether (sulfide) groups is 1. The Hall–Kier alpha value is -0.780. The molecule has 2 rings (SSSR count). The summed E-state index contributed by atoms with van der Waals surface area (Å²) in [5.41, 5.74) is 7.58. The van der Waals surface area contributed by atoms with E-state index >= 15 is 0 Å². The van der Waals surface area contributed by atoms with Crippen LogP contribution in [0.5, 0.6) is 0 Å². The van der Waals surface area contributed by atoms with E-state index in [0.29, 0.717) is 0 Å². The molecule has 0 spiro atoms. The van der Waals surface area contributed by atoms with Crippen molar-refractivity contribution in [2.75, 3.05) is 24.7 Å². The minimum atomic E-state index is 0.794. The second-order valence-electron chi connectivity index (χ2n) is 4.02. The molecule has 0 fully saturated rings. The molecule has 0 aliphatic rings. The number of ether oxygens (including phenoxy) is 1. The van der Waals surface area contributed by atoms with Gasteiger partial charge in [-0.1, -0.05) is 25.1 Å². The zero-order chi connectivity index (χ0) is 12.8. The fourth-order valence-corrected chi connectivity index (χ4v) is 3.56. The number of nitrogens with zero attached hydrogens (tertiary/aromatic N) is 1. The highest BCUT2D eigenvalue weighted by atomic mass is 32.2. The summed E-state index contributed by atoms with van der Waals surface area (Å²) in [6.07, 6.45) is 2.33. The van der Waals surface area contributed by atoms with Gasteiger partial charge >= 0.3 is 0 Å². The average molecular weight is 282 g/mol. The molecule has 3 nitrogen and oxygen atoms in total. The Morgan fingerprint density at radius 1 is 1.39 bits per heavy atom. The molecule has 0 amide bonds. The molecule has 0 aliphatic carbocycles. The normalized spacial score (nSPS) is 11.2. The number of thiazole rings is 1. The van der Waals surface area contributed by atoms with E-state index in [4.69, 9.17) is 10.5 Å². The Balaban J connectivity index is 1.81. The van der Waals surface area contributed by atoms with E-state index in [2.05, 4.69) is 11.9 Å².